The smallest absolute Gasteiger partial charge is 0.303 e. The van der Waals surface area contributed by atoms with E-state index in [4.69, 9.17) is 14.6 Å². The minimum absolute atomic E-state index is 0.0844. The molecule has 1 N–H and O–H groups in total. The van der Waals surface area contributed by atoms with Gasteiger partial charge in [0, 0.05) is 19.4 Å². The number of carbonyl (C=O) groups is 1. The Morgan fingerprint density at radius 3 is 3.08 bits per heavy atom. The van der Waals surface area contributed by atoms with Gasteiger partial charge in [0.1, 0.15) is 0 Å². The van der Waals surface area contributed by atoms with Crippen LogP contribution in [0.5, 0.6) is 0 Å². The quantitative estimate of drug-likeness (QED) is 0.632. The van der Waals surface area contributed by atoms with Gasteiger partial charge in [-0.1, -0.05) is 0 Å². The van der Waals surface area contributed by atoms with Gasteiger partial charge in [0.05, 0.1) is 6.61 Å². The van der Waals surface area contributed by atoms with Crippen LogP contribution in [0.2, 0.25) is 0 Å². The molecule has 1 atom stereocenters. The lowest BCUT2D eigenvalue weighted by Crippen LogP contribution is -2.12. The summed E-state index contributed by atoms with van der Waals surface area (Å²) in [5.41, 5.74) is 0. The lowest BCUT2D eigenvalue weighted by molar-refractivity contribution is -0.139. The predicted molar refractivity (Wildman–Crippen MR) is 41.8 cm³/mol. The number of aliphatic carboxylic acids is 1. The topological polar surface area (TPSA) is 55.8 Å². The van der Waals surface area contributed by atoms with E-state index < -0.39 is 5.97 Å². The first kappa shape index (κ1) is 9.48. The summed E-state index contributed by atoms with van der Waals surface area (Å²) in [5, 5.41) is 8.32. The fourth-order valence-corrected chi connectivity index (χ4v) is 1.12. The Labute approximate surface area is 71.5 Å². The summed E-state index contributed by atoms with van der Waals surface area (Å²) in [6.45, 7) is 1.25. The zero-order valence-corrected chi connectivity index (χ0v) is 6.99. The monoisotopic (exact) mass is 174 g/mol. The minimum Gasteiger partial charge on any atom is -0.481 e. The van der Waals surface area contributed by atoms with E-state index in [9.17, 15) is 4.79 Å². The first-order valence-electron chi connectivity index (χ1n) is 4.24. The van der Waals surface area contributed by atoms with Crippen molar-refractivity contribution in [3.8, 4) is 0 Å². The summed E-state index contributed by atoms with van der Waals surface area (Å²) in [6, 6.07) is 0. The highest BCUT2D eigenvalue weighted by atomic mass is 16.7. The second-order valence-corrected chi connectivity index (χ2v) is 2.81. The van der Waals surface area contributed by atoms with E-state index >= 15 is 0 Å². The van der Waals surface area contributed by atoms with Gasteiger partial charge in [0.25, 0.3) is 0 Å². The maximum absolute atomic E-state index is 10.1. The predicted octanol–water partition coefficient (Wildman–Crippen LogP) is 1.00. The Morgan fingerprint density at radius 1 is 1.67 bits per heavy atom. The highest BCUT2D eigenvalue weighted by Crippen LogP contribution is 2.13. The third-order valence-corrected chi connectivity index (χ3v) is 1.73. The molecule has 70 valence electrons. The van der Waals surface area contributed by atoms with Crippen molar-refractivity contribution in [1.29, 1.82) is 0 Å². The first-order valence-corrected chi connectivity index (χ1v) is 4.24. The molecular weight excluding hydrogens is 160 g/mol. The first-order chi connectivity index (χ1) is 5.79. The van der Waals surface area contributed by atoms with E-state index in [-0.39, 0.29) is 12.7 Å². The van der Waals surface area contributed by atoms with Crippen LogP contribution in [0, 0.1) is 0 Å². The van der Waals surface area contributed by atoms with Crippen LogP contribution in [0.3, 0.4) is 0 Å². The largest absolute Gasteiger partial charge is 0.481 e. The van der Waals surface area contributed by atoms with Gasteiger partial charge in [-0.15, -0.1) is 0 Å². The molecule has 4 heteroatoms. The van der Waals surface area contributed by atoms with Crippen LogP contribution in [-0.2, 0) is 14.3 Å². The molecule has 1 aliphatic rings. The van der Waals surface area contributed by atoms with Gasteiger partial charge in [-0.3, -0.25) is 4.79 Å². The van der Waals surface area contributed by atoms with Gasteiger partial charge < -0.3 is 14.6 Å². The molecular formula is C8H14O4. The van der Waals surface area contributed by atoms with Crippen LogP contribution in [0.15, 0.2) is 0 Å². The molecule has 1 saturated heterocycles. The molecule has 0 bridgehead atoms. The van der Waals surface area contributed by atoms with E-state index in [0.717, 1.165) is 19.4 Å². The SMILES string of the molecule is O=C(O)CCCOC1CCCO1. The van der Waals surface area contributed by atoms with Crippen LogP contribution >= 0.6 is 0 Å². The maximum atomic E-state index is 10.1. The normalized spacial score (nSPS) is 22.8. The van der Waals surface area contributed by atoms with Crippen LogP contribution in [0.25, 0.3) is 0 Å². The number of carboxylic acids is 1. The van der Waals surface area contributed by atoms with Crippen molar-refractivity contribution >= 4 is 5.97 Å². The Hall–Kier alpha value is -0.610. The summed E-state index contributed by atoms with van der Waals surface area (Å²) in [5.74, 6) is -0.772. The Morgan fingerprint density at radius 2 is 2.50 bits per heavy atom. The maximum Gasteiger partial charge on any atom is 0.303 e. The molecule has 0 aromatic rings. The standard InChI is InChI=1S/C8H14O4/c9-7(10)3-1-5-11-8-4-2-6-12-8/h8H,1-6H2,(H,9,10). The van der Waals surface area contributed by atoms with Crippen LogP contribution < -0.4 is 0 Å². The lowest BCUT2D eigenvalue weighted by Gasteiger charge is -2.09. The van der Waals surface area contributed by atoms with Crippen molar-refractivity contribution in [1.82, 2.24) is 0 Å². The Bertz CT molecular complexity index is 140. The Balaban J connectivity index is 1.91. The fraction of sp³-hybridized carbons (Fsp3) is 0.875. The molecule has 0 saturated carbocycles. The summed E-state index contributed by atoms with van der Waals surface area (Å²) < 4.78 is 10.5. The fourth-order valence-electron chi connectivity index (χ4n) is 1.12. The minimum atomic E-state index is -0.772. The van der Waals surface area contributed by atoms with Gasteiger partial charge in [-0.2, -0.15) is 0 Å². The number of hydrogen-bond acceptors (Lipinski definition) is 3. The molecule has 1 unspecified atom stereocenters. The van der Waals surface area contributed by atoms with Crippen LogP contribution in [0.1, 0.15) is 25.7 Å². The molecule has 0 amide bonds. The molecule has 12 heavy (non-hydrogen) atoms. The number of carboxylic acid groups (broad SMARTS) is 1. The van der Waals surface area contributed by atoms with Crippen molar-refractivity contribution in [2.45, 2.75) is 32.0 Å². The summed E-state index contributed by atoms with van der Waals surface area (Å²) >= 11 is 0. The highest BCUT2D eigenvalue weighted by molar-refractivity contribution is 5.66. The zero-order chi connectivity index (χ0) is 8.81. The van der Waals surface area contributed by atoms with E-state index in [2.05, 4.69) is 0 Å². The zero-order valence-electron chi connectivity index (χ0n) is 6.99. The molecule has 0 aromatic carbocycles. The van der Waals surface area contributed by atoms with Crippen LogP contribution in [-0.4, -0.2) is 30.6 Å². The van der Waals surface area contributed by atoms with Gasteiger partial charge in [0.2, 0.25) is 0 Å². The number of hydrogen-bond donors (Lipinski definition) is 1. The van der Waals surface area contributed by atoms with Crippen molar-refractivity contribution in [3.63, 3.8) is 0 Å². The van der Waals surface area contributed by atoms with E-state index in [0.29, 0.717) is 13.0 Å². The second-order valence-electron chi connectivity index (χ2n) is 2.81. The third-order valence-electron chi connectivity index (χ3n) is 1.73. The van der Waals surface area contributed by atoms with Crippen molar-refractivity contribution in [3.05, 3.63) is 0 Å². The second kappa shape index (κ2) is 5.11. The molecule has 1 fully saturated rings. The van der Waals surface area contributed by atoms with Gasteiger partial charge >= 0.3 is 5.97 Å². The third kappa shape index (κ3) is 3.69. The lowest BCUT2D eigenvalue weighted by atomic mass is 10.3. The molecule has 0 aliphatic carbocycles. The van der Waals surface area contributed by atoms with Crippen molar-refractivity contribution < 1.29 is 19.4 Å². The van der Waals surface area contributed by atoms with E-state index in [1.54, 1.807) is 0 Å². The molecule has 1 aliphatic heterocycles. The van der Waals surface area contributed by atoms with Crippen molar-refractivity contribution in [2.24, 2.45) is 0 Å². The van der Waals surface area contributed by atoms with Gasteiger partial charge in [-0.05, 0) is 12.8 Å². The molecule has 1 heterocycles. The summed E-state index contributed by atoms with van der Waals surface area (Å²) in [7, 11) is 0. The average Bonchev–Trinajstić information content (AvgIpc) is 2.49. The summed E-state index contributed by atoms with van der Waals surface area (Å²) in [6.07, 6.45) is 2.64. The molecule has 0 spiro atoms. The number of rotatable bonds is 5. The molecule has 4 nitrogen and oxygen atoms in total. The van der Waals surface area contributed by atoms with Crippen LogP contribution in [0.4, 0.5) is 0 Å². The molecule has 1 rings (SSSR count). The van der Waals surface area contributed by atoms with E-state index in [1.807, 2.05) is 0 Å². The van der Waals surface area contributed by atoms with Crippen molar-refractivity contribution in [2.75, 3.05) is 13.2 Å². The molecule has 0 aromatic heterocycles. The van der Waals surface area contributed by atoms with E-state index in [1.165, 1.54) is 0 Å². The summed E-state index contributed by atoms with van der Waals surface area (Å²) in [4.78, 5) is 10.1. The van der Waals surface area contributed by atoms with Gasteiger partial charge in [0.15, 0.2) is 6.29 Å². The highest BCUT2D eigenvalue weighted by Gasteiger charge is 2.15. The average molecular weight is 174 g/mol. The van der Waals surface area contributed by atoms with Gasteiger partial charge in [-0.25, -0.2) is 0 Å². The Kier molecular flexibility index (Phi) is 4.04. The molecule has 0 radical (unpaired) electrons. The number of ether oxygens (including phenoxy) is 2.